The second-order valence-corrected chi connectivity index (χ2v) is 8.14. The SMILES string of the molecule is Cc1ccc(C2=Nn3c(COc4ccccc4)nnc3S[C@H]2c2ccccc2)cc1. The minimum absolute atomic E-state index is 0.0495. The highest BCUT2D eigenvalue weighted by atomic mass is 32.2. The fourth-order valence-corrected chi connectivity index (χ4v) is 4.47. The Morgan fingerprint density at radius 3 is 2.30 bits per heavy atom. The third kappa shape index (κ3) is 3.74. The van der Waals surface area contributed by atoms with Crippen molar-refractivity contribution in [2.24, 2.45) is 5.10 Å². The summed E-state index contributed by atoms with van der Waals surface area (Å²) in [6.07, 6.45) is 0. The van der Waals surface area contributed by atoms with Gasteiger partial charge in [0.1, 0.15) is 12.4 Å². The maximum Gasteiger partial charge on any atom is 0.213 e. The maximum atomic E-state index is 5.88. The molecule has 0 aliphatic carbocycles. The van der Waals surface area contributed by atoms with Crippen molar-refractivity contribution >= 4 is 17.5 Å². The number of para-hydroxylation sites is 1. The first-order chi connectivity index (χ1) is 14.8. The van der Waals surface area contributed by atoms with Crippen molar-refractivity contribution in [2.75, 3.05) is 0 Å². The molecular weight excluding hydrogens is 392 g/mol. The number of nitrogens with zero attached hydrogens (tertiary/aromatic N) is 4. The van der Waals surface area contributed by atoms with Gasteiger partial charge in [-0.2, -0.15) is 9.78 Å². The number of thioether (sulfide) groups is 1. The fraction of sp³-hybridized carbons (Fsp3) is 0.125. The van der Waals surface area contributed by atoms with Crippen LogP contribution in [0.5, 0.6) is 5.75 Å². The van der Waals surface area contributed by atoms with Crippen LogP contribution in [0.4, 0.5) is 0 Å². The molecule has 1 aliphatic rings. The lowest BCUT2D eigenvalue weighted by Crippen LogP contribution is -2.19. The Hall–Kier alpha value is -3.38. The minimum atomic E-state index is 0.0495. The summed E-state index contributed by atoms with van der Waals surface area (Å²) in [4.78, 5) is 0. The van der Waals surface area contributed by atoms with E-state index in [0.29, 0.717) is 12.4 Å². The van der Waals surface area contributed by atoms with Gasteiger partial charge in [0.25, 0.3) is 0 Å². The summed E-state index contributed by atoms with van der Waals surface area (Å²) in [6.45, 7) is 2.39. The van der Waals surface area contributed by atoms with Crippen molar-refractivity contribution in [3.05, 3.63) is 107 Å². The first kappa shape index (κ1) is 18.6. The van der Waals surface area contributed by atoms with Crippen LogP contribution in [0.3, 0.4) is 0 Å². The lowest BCUT2D eigenvalue weighted by atomic mass is 10.0. The number of hydrogen-bond donors (Lipinski definition) is 0. The average Bonchev–Trinajstić information content (AvgIpc) is 3.20. The standard InChI is InChI=1S/C24H20N4OS/c1-17-12-14-18(15-13-17)22-23(19-8-4-2-5-9-19)30-24-26-25-21(28(24)27-22)16-29-20-10-6-3-7-11-20/h2-15,23H,16H2,1H3/t23-/m0/s1. The van der Waals surface area contributed by atoms with Gasteiger partial charge in [-0.3, -0.25) is 0 Å². The average molecular weight is 413 g/mol. The first-order valence-corrected chi connectivity index (χ1v) is 10.7. The first-order valence-electron chi connectivity index (χ1n) is 9.77. The van der Waals surface area contributed by atoms with Gasteiger partial charge in [-0.1, -0.05) is 90.1 Å². The van der Waals surface area contributed by atoms with Crippen LogP contribution in [0, 0.1) is 6.92 Å². The number of aromatic nitrogens is 3. The van der Waals surface area contributed by atoms with E-state index in [0.717, 1.165) is 22.2 Å². The number of fused-ring (bicyclic) bond motifs is 1. The molecule has 0 saturated heterocycles. The number of rotatable bonds is 5. The van der Waals surface area contributed by atoms with Crippen LogP contribution < -0.4 is 4.74 Å². The lowest BCUT2D eigenvalue weighted by Gasteiger charge is -2.23. The zero-order valence-corrected chi connectivity index (χ0v) is 17.3. The number of aryl methyl sites for hydroxylation is 1. The number of ether oxygens (including phenoxy) is 1. The summed E-state index contributed by atoms with van der Waals surface area (Å²) >= 11 is 1.66. The predicted molar refractivity (Wildman–Crippen MR) is 119 cm³/mol. The summed E-state index contributed by atoms with van der Waals surface area (Å²) in [5.41, 5.74) is 4.50. The molecule has 5 nitrogen and oxygen atoms in total. The summed E-state index contributed by atoms with van der Waals surface area (Å²) in [5, 5.41) is 14.5. The predicted octanol–water partition coefficient (Wildman–Crippen LogP) is 5.26. The van der Waals surface area contributed by atoms with E-state index in [-0.39, 0.29) is 5.25 Å². The van der Waals surface area contributed by atoms with Crippen LogP contribution in [0.1, 0.15) is 27.8 Å². The highest BCUT2D eigenvalue weighted by Gasteiger charge is 2.30. The molecule has 0 bridgehead atoms. The Morgan fingerprint density at radius 2 is 1.57 bits per heavy atom. The van der Waals surface area contributed by atoms with Crippen molar-refractivity contribution in [1.82, 2.24) is 14.9 Å². The Morgan fingerprint density at radius 1 is 0.867 bits per heavy atom. The van der Waals surface area contributed by atoms with E-state index in [9.17, 15) is 0 Å². The van der Waals surface area contributed by atoms with Gasteiger partial charge in [-0.05, 0) is 30.2 Å². The highest BCUT2D eigenvalue weighted by Crippen LogP contribution is 2.41. The van der Waals surface area contributed by atoms with Crippen LogP contribution in [-0.4, -0.2) is 20.6 Å². The molecule has 1 aliphatic heterocycles. The second-order valence-electron chi connectivity index (χ2n) is 7.07. The third-order valence-electron chi connectivity index (χ3n) is 4.92. The quantitative estimate of drug-likeness (QED) is 0.448. The summed E-state index contributed by atoms with van der Waals surface area (Å²) in [5.74, 6) is 1.47. The highest BCUT2D eigenvalue weighted by molar-refractivity contribution is 8.00. The molecule has 3 aromatic carbocycles. The van der Waals surface area contributed by atoms with Crippen molar-refractivity contribution in [1.29, 1.82) is 0 Å². The molecule has 1 atom stereocenters. The van der Waals surface area contributed by atoms with E-state index in [4.69, 9.17) is 9.84 Å². The van der Waals surface area contributed by atoms with E-state index in [2.05, 4.69) is 65.7 Å². The summed E-state index contributed by atoms with van der Waals surface area (Å²) < 4.78 is 7.69. The molecular formula is C24H20N4OS. The lowest BCUT2D eigenvalue weighted by molar-refractivity contribution is 0.290. The zero-order chi connectivity index (χ0) is 20.3. The van der Waals surface area contributed by atoms with Gasteiger partial charge in [0.05, 0.1) is 11.0 Å². The van der Waals surface area contributed by atoms with Crippen molar-refractivity contribution in [3.8, 4) is 5.75 Å². The molecule has 0 unspecified atom stereocenters. The molecule has 5 rings (SSSR count). The normalized spacial score (nSPS) is 15.4. The Labute approximate surface area is 179 Å². The van der Waals surface area contributed by atoms with Crippen molar-refractivity contribution in [2.45, 2.75) is 23.9 Å². The smallest absolute Gasteiger partial charge is 0.213 e. The van der Waals surface area contributed by atoms with E-state index >= 15 is 0 Å². The Bertz CT molecular complexity index is 1170. The molecule has 0 fully saturated rings. The monoisotopic (exact) mass is 412 g/mol. The van der Waals surface area contributed by atoms with Gasteiger partial charge in [0.15, 0.2) is 5.82 Å². The summed E-state index contributed by atoms with van der Waals surface area (Å²) in [7, 11) is 0. The van der Waals surface area contributed by atoms with Crippen LogP contribution in [-0.2, 0) is 6.61 Å². The molecule has 0 saturated carbocycles. The van der Waals surface area contributed by atoms with E-state index in [1.807, 2.05) is 41.1 Å². The topological polar surface area (TPSA) is 52.3 Å². The maximum absolute atomic E-state index is 5.88. The van der Waals surface area contributed by atoms with E-state index < -0.39 is 0 Å². The largest absolute Gasteiger partial charge is 0.486 e. The molecule has 0 radical (unpaired) electrons. The van der Waals surface area contributed by atoms with Crippen molar-refractivity contribution in [3.63, 3.8) is 0 Å². The second kappa shape index (κ2) is 8.16. The molecule has 148 valence electrons. The molecule has 0 amide bonds. The van der Waals surface area contributed by atoms with Gasteiger partial charge in [-0.15, -0.1) is 10.2 Å². The molecule has 4 aromatic rings. The minimum Gasteiger partial charge on any atom is -0.486 e. The fourth-order valence-electron chi connectivity index (χ4n) is 3.33. The number of hydrogen-bond acceptors (Lipinski definition) is 5. The third-order valence-corrected chi connectivity index (χ3v) is 6.11. The Kier molecular flexibility index (Phi) is 5.07. The van der Waals surface area contributed by atoms with E-state index in [1.54, 1.807) is 11.8 Å². The van der Waals surface area contributed by atoms with Crippen molar-refractivity contribution < 1.29 is 4.74 Å². The molecule has 30 heavy (non-hydrogen) atoms. The van der Waals surface area contributed by atoms with Crippen LogP contribution >= 0.6 is 11.8 Å². The Balaban J connectivity index is 1.52. The van der Waals surface area contributed by atoms with Gasteiger partial charge in [0.2, 0.25) is 5.16 Å². The van der Waals surface area contributed by atoms with Gasteiger partial charge in [-0.25, -0.2) is 0 Å². The van der Waals surface area contributed by atoms with Gasteiger partial charge >= 0.3 is 0 Å². The molecule has 0 N–H and O–H groups in total. The van der Waals surface area contributed by atoms with Gasteiger partial charge < -0.3 is 4.74 Å². The van der Waals surface area contributed by atoms with Gasteiger partial charge in [0, 0.05) is 0 Å². The van der Waals surface area contributed by atoms with E-state index in [1.165, 1.54) is 11.1 Å². The number of benzene rings is 3. The summed E-state index contributed by atoms with van der Waals surface area (Å²) in [6, 6.07) is 28.6. The zero-order valence-electron chi connectivity index (χ0n) is 16.5. The van der Waals surface area contributed by atoms with Crippen LogP contribution in [0.15, 0.2) is 95.2 Å². The van der Waals surface area contributed by atoms with Crippen LogP contribution in [0.2, 0.25) is 0 Å². The molecule has 6 heteroatoms. The molecule has 2 heterocycles. The molecule has 0 spiro atoms. The molecule has 1 aromatic heterocycles. The van der Waals surface area contributed by atoms with Crippen LogP contribution in [0.25, 0.3) is 0 Å².